The molecular formula is C10H2F3N5. The van der Waals surface area contributed by atoms with Crippen LogP contribution in [0, 0.1) is 34.0 Å². The molecule has 1 aliphatic rings. The molecule has 18 heavy (non-hydrogen) atoms. The van der Waals surface area contributed by atoms with E-state index in [1.54, 1.807) is 12.1 Å². The van der Waals surface area contributed by atoms with Crippen molar-refractivity contribution in [3.05, 3.63) is 17.3 Å². The van der Waals surface area contributed by atoms with Gasteiger partial charge in [0.05, 0.1) is 11.6 Å². The van der Waals surface area contributed by atoms with E-state index in [0.29, 0.717) is 6.20 Å². The van der Waals surface area contributed by atoms with E-state index in [2.05, 4.69) is 4.99 Å². The third-order valence-electron chi connectivity index (χ3n) is 2.42. The third-order valence-corrected chi connectivity index (χ3v) is 2.42. The number of aliphatic imine (C=N–C) groups is 1. The molecule has 2 heterocycles. The molecule has 0 bridgehead atoms. The summed E-state index contributed by atoms with van der Waals surface area (Å²) in [5, 5.41) is 26.3. The molecule has 1 aromatic rings. The summed E-state index contributed by atoms with van der Waals surface area (Å²) in [5.74, 6) is -0.298. The van der Waals surface area contributed by atoms with Crippen LogP contribution in [-0.4, -0.2) is 10.3 Å². The van der Waals surface area contributed by atoms with Crippen molar-refractivity contribution in [3.63, 3.8) is 0 Å². The normalized spacial score (nSPS) is 17.3. The summed E-state index contributed by atoms with van der Waals surface area (Å²) in [5.41, 5.74) is -2.05. The highest BCUT2D eigenvalue weighted by atomic mass is 19.4. The number of aromatic nitrogens is 1. The molecule has 2 rings (SSSR count). The molecule has 88 valence electrons. The first-order chi connectivity index (χ1) is 8.43. The molecule has 5 nitrogen and oxygen atoms in total. The Morgan fingerprint density at radius 3 is 2.33 bits per heavy atom. The highest BCUT2D eigenvalue weighted by Gasteiger charge is 2.41. The van der Waals surface area contributed by atoms with E-state index >= 15 is 0 Å². The lowest BCUT2D eigenvalue weighted by Gasteiger charge is -2.04. The summed E-state index contributed by atoms with van der Waals surface area (Å²) < 4.78 is 38.8. The van der Waals surface area contributed by atoms with Gasteiger partial charge in [0, 0.05) is 6.20 Å². The number of hydrogen-bond acceptors (Lipinski definition) is 4. The highest BCUT2D eigenvalue weighted by molar-refractivity contribution is 6.07. The summed E-state index contributed by atoms with van der Waals surface area (Å²) in [6.07, 6.45) is -4.07. The quantitative estimate of drug-likeness (QED) is 0.704. The predicted octanol–water partition coefficient (Wildman–Crippen LogP) is 2.05. The van der Waals surface area contributed by atoms with Crippen LogP contribution in [0.1, 0.15) is 17.2 Å². The van der Waals surface area contributed by atoms with Gasteiger partial charge in [-0.2, -0.15) is 29.0 Å². The van der Waals surface area contributed by atoms with E-state index < -0.39 is 23.3 Å². The van der Waals surface area contributed by atoms with Crippen LogP contribution in [0.2, 0.25) is 0 Å². The zero-order valence-electron chi connectivity index (χ0n) is 8.52. The van der Waals surface area contributed by atoms with E-state index in [0.717, 1.165) is 4.57 Å². The fourth-order valence-electron chi connectivity index (χ4n) is 1.67. The van der Waals surface area contributed by atoms with Gasteiger partial charge in [0.15, 0.2) is 17.6 Å². The minimum atomic E-state index is -4.70. The SMILES string of the molecule is N#CC1=Nc2c(C#N)c(C(F)(F)F)cn2C1C#N. The van der Waals surface area contributed by atoms with E-state index in [4.69, 9.17) is 15.8 Å². The molecule has 0 amide bonds. The lowest BCUT2D eigenvalue weighted by Crippen LogP contribution is -2.11. The maximum absolute atomic E-state index is 12.6. The van der Waals surface area contributed by atoms with Gasteiger partial charge in [-0.15, -0.1) is 0 Å². The van der Waals surface area contributed by atoms with Crippen LogP contribution in [0.15, 0.2) is 11.2 Å². The van der Waals surface area contributed by atoms with Crippen LogP contribution in [0.3, 0.4) is 0 Å². The smallest absolute Gasteiger partial charge is 0.308 e. The Labute approximate surface area is 98.6 Å². The lowest BCUT2D eigenvalue weighted by atomic mass is 10.2. The monoisotopic (exact) mass is 249 g/mol. The van der Waals surface area contributed by atoms with Crippen molar-refractivity contribution in [3.8, 4) is 18.2 Å². The largest absolute Gasteiger partial charge is 0.419 e. The Hall–Kier alpha value is -2.79. The Morgan fingerprint density at radius 1 is 1.22 bits per heavy atom. The summed E-state index contributed by atoms with van der Waals surface area (Å²) in [4.78, 5) is 3.60. The fourth-order valence-corrected chi connectivity index (χ4v) is 1.67. The molecule has 0 fully saturated rings. The van der Waals surface area contributed by atoms with Crippen LogP contribution in [0.25, 0.3) is 0 Å². The van der Waals surface area contributed by atoms with E-state index in [1.165, 1.54) is 6.07 Å². The maximum atomic E-state index is 12.6. The average molecular weight is 249 g/mol. The van der Waals surface area contributed by atoms with Crippen molar-refractivity contribution >= 4 is 11.5 Å². The van der Waals surface area contributed by atoms with E-state index in [-0.39, 0.29) is 11.5 Å². The molecule has 0 saturated carbocycles. The zero-order chi connectivity index (χ0) is 13.5. The Bertz CT molecular complexity index is 675. The van der Waals surface area contributed by atoms with Crippen molar-refractivity contribution in [1.82, 2.24) is 4.57 Å². The number of nitrogens with zero attached hydrogens (tertiary/aromatic N) is 5. The molecule has 0 saturated heterocycles. The number of halogens is 3. The van der Waals surface area contributed by atoms with E-state index in [9.17, 15) is 13.2 Å². The number of alkyl halides is 3. The molecule has 1 aliphatic heterocycles. The maximum Gasteiger partial charge on any atom is 0.419 e. The van der Waals surface area contributed by atoms with Crippen LogP contribution in [-0.2, 0) is 6.18 Å². The Kier molecular flexibility index (Phi) is 2.34. The molecule has 0 radical (unpaired) electrons. The van der Waals surface area contributed by atoms with Crippen molar-refractivity contribution < 1.29 is 13.2 Å². The summed E-state index contributed by atoms with van der Waals surface area (Å²) in [6, 6.07) is 3.48. The summed E-state index contributed by atoms with van der Waals surface area (Å²) in [7, 11) is 0. The predicted molar refractivity (Wildman–Crippen MR) is 51.5 cm³/mol. The second kappa shape index (κ2) is 3.61. The molecule has 8 heteroatoms. The molecular weight excluding hydrogens is 247 g/mol. The van der Waals surface area contributed by atoms with Crippen LogP contribution < -0.4 is 0 Å². The van der Waals surface area contributed by atoms with Gasteiger partial charge in [-0.3, -0.25) is 0 Å². The number of fused-ring (bicyclic) bond motifs is 1. The molecule has 0 N–H and O–H groups in total. The number of nitriles is 3. The zero-order valence-corrected chi connectivity index (χ0v) is 8.52. The van der Waals surface area contributed by atoms with Gasteiger partial charge in [-0.05, 0) is 0 Å². The fraction of sp³-hybridized carbons (Fsp3) is 0.200. The van der Waals surface area contributed by atoms with Crippen LogP contribution in [0.4, 0.5) is 19.0 Å². The second-order valence-electron chi connectivity index (χ2n) is 3.40. The summed E-state index contributed by atoms with van der Waals surface area (Å²) in [6.45, 7) is 0. The molecule has 0 spiro atoms. The van der Waals surface area contributed by atoms with E-state index in [1.807, 2.05) is 0 Å². The summed E-state index contributed by atoms with van der Waals surface area (Å²) >= 11 is 0. The molecule has 1 atom stereocenters. The van der Waals surface area contributed by atoms with Crippen LogP contribution >= 0.6 is 0 Å². The standard InChI is InChI=1S/C10H2F3N5/c11-10(12,13)6-4-18-8(3-16)7(2-15)17-9(18)5(6)1-14/h4,8H. The molecule has 1 unspecified atom stereocenters. The van der Waals surface area contributed by atoms with Crippen molar-refractivity contribution in [1.29, 1.82) is 15.8 Å². The van der Waals surface area contributed by atoms with Gasteiger partial charge >= 0.3 is 6.18 Å². The van der Waals surface area contributed by atoms with Crippen LogP contribution in [0.5, 0.6) is 0 Å². The first kappa shape index (κ1) is 11.7. The van der Waals surface area contributed by atoms with Crippen molar-refractivity contribution in [2.75, 3.05) is 0 Å². The molecule has 1 aromatic heterocycles. The van der Waals surface area contributed by atoms with Gasteiger partial charge in [-0.1, -0.05) is 0 Å². The van der Waals surface area contributed by atoms with Gasteiger partial charge in [0.2, 0.25) is 0 Å². The second-order valence-corrected chi connectivity index (χ2v) is 3.40. The van der Waals surface area contributed by atoms with Gasteiger partial charge < -0.3 is 4.57 Å². The van der Waals surface area contributed by atoms with Gasteiger partial charge in [-0.25, -0.2) is 4.99 Å². The highest BCUT2D eigenvalue weighted by Crippen LogP contribution is 2.41. The minimum Gasteiger partial charge on any atom is -0.308 e. The topological polar surface area (TPSA) is 88.7 Å². The van der Waals surface area contributed by atoms with Crippen molar-refractivity contribution in [2.24, 2.45) is 4.99 Å². The van der Waals surface area contributed by atoms with Gasteiger partial charge in [0.25, 0.3) is 0 Å². The first-order valence-electron chi connectivity index (χ1n) is 4.54. The Morgan fingerprint density at radius 2 is 1.89 bits per heavy atom. The minimum absolute atomic E-state index is 0.224. The first-order valence-corrected chi connectivity index (χ1v) is 4.54. The number of rotatable bonds is 0. The molecule has 0 aromatic carbocycles. The molecule has 0 aliphatic carbocycles. The van der Waals surface area contributed by atoms with Crippen molar-refractivity contribution in [2.45, 2.75) is 12.2 Å². The lowest BCUT2D eigenvalue weighted by molar-refractivity contribution is -0.137. The average Bonchev–Trinajstić information content (AvgIpc) is 2.81. The Balaban J connectivity index is 2.73. The number of hydrogen-bond donors (Lipinski definition) is 0. The van der Waals surface area contributed by atoms with Gasteiger partial charge in [0.1, 0.15) is 17.7 Å². The third kappa shape index (κ3) is 1.42.